The summed E-state index contributed by atoms with van der Waals surface area (Å²) in [6, 6.07) is 7.57. The topological polar surface area (TPSA) is 68.0 Å². The van der Waals surface area contributed by atoms with E-state index in [2.05, 4.69) is 15.1 Å². The highest BCUT2D eigenvalue weighted by Gasteiger charge is 2.16. The number of benzene rings is 1. The molecule has 0 unspecified atom stereocenters. The van der Waals surface area contributed by atoms with Crippen molar-refractivity contribution in [3.8, 4) is 5.82 Å². The third-order valence-corrected chi connectivity index (χ3v) is 3.86. The van der Waals surface area contributed by atoms with Gasteiger partial charge in [0.1, 0.15) is 11.8 Å². The second kappa shape index (κ2) is 4.05. The molecule has 0 fully saturated rings. The van der Waals surface area contributed by atoms with Gasteiger partial charge in [-0.2, -0.15) is 5.10 Å². The number of para-hydroxylation sites is 2. The average molecular weight is 279 g/mol. The van der Waals surface area contributed by atoms with E-state index in [-0.39, 0.29) is 5.69 Å². The maximum absolute atomic E-state index is 12.3. The molecule has 21 heavy (non-hydrogen) atoms. The molecule has 6 heteroatoms. The number of hydrogen-bond acceptors (Lipinski definition) is 3. The first-order valence-corrected chi connectivity index (χ1v) is 6.66. The third kappa shape index (κ3) is 1.56. The van der Waals surface area contributed by atoms with Crippen molar-refractivity contribution in [2.24, 2.45) is 0 Å². The van der Waals surface area contributed by atoms with Crippen LogP contribution in [0.4, 0.5) is 0 Å². The number of aryl methyl sites for hydroxylation is 2. The zero-order chi connectivity index (χ0) is 14.6. The molecule has 3 aromatic heterocycles. The van der Waals surface area contributed by atoms with Crippen LogP contribution in [-0.4, -0.2) is 24.1 Å². The number of aromatic nitrogens is 5. The highest BCUT2D eigenvalue weighted by atomic mass is 16.1. The fourth-order valence-electron chi connectivity index (χ4n) is 2.69. The summed E-state index contributed by atoms with van der Waals surface area (Å²) in [7, 11) is 0. The van der Waals surface area contributed by atoms with E-state index in [4.69, 9.17) is 0 Å². The standard InChI is InChI=1S/C15H13N5O/c1-9-7-19-13(10(9)2)14(16-8-17-19)20-12-6-4-3-5-11(12)18-15(20)21/h3-8H,1-2H3,(H,18,21). The molecule has 4 rings (SSSR count). The quantitative estimate of drug-likeness (QED) is 0.579. The Bertz CT molecular complexity index is 1040. The van der Waals surface area contributed by atoms with Crippen molar-refractivity contribution in [2.45, 2.75) is 13.8 Å². The highest BCUT2D eigenvalue weighted by molar-refractivity contribution is 5.80. The number of nitrogens with zero attached hydrogens (tertiary/aromatic N) is 4. The van der Waals surface area contributed by atoms with E-state index >= 15 is 0 Å². The lowest BCUT2D eigenvalue weighted by atomic mass is 10.2. The molecule has 0 bridgehead atoms. The summed E-state index contributed by atoms with van der Waals surface area (Å²) in [5.41, 5.74) is 4.44. The van der Waals surface area contributed by atoms with E-state index in [1.54, 1.807) is 9.08 Å². The van der Waals surface area contributed by atoms with Gasteiger partial charge in [-0.3, -0.25) is 0 Å². The van der Waals surface area contributed by atoms with Gasteiger partial charge in [-0.1, -0.05) is 12.1 Å². The molecule has 1 aromatic carbocycles. The third-order valence-electron chi connectivity index (χ3n) is 3.86. The van der Waals surface area contributed by atoms with Gasteiger partial charge in [0.25, 0.3) is 0 Å². The largest absolute Gasteiger partial charge is 0.332 e. The predicted molar refractivity (Wildman–Crippen MR) is 79.9 cm³/mol. The SMILES string of the molecule is Cc1cn2ncnc(-n3c(=O)[nH]c4ccccc43)c2c1C. The number of imidazole rings is 1. The second-order valence-electron chi connectivity index (χ2n) is 5.10. The predicted octanol–water partition coefficient (Wildman–Crippen LogP) is 1.98. The Labute approximate surface area is 119 Å². The van der Waals surface area contributed by atoms with Crippen molar-refractivity contribution in [3.05, 3.63) is 58.4 Å². The Morgan fingerprint density at radius 1 is 1.19 bits per heavy atom. The van der Waals surface area contributed by atoms with Gasteiger partial charge in [0.2, 0.25) is 0 Å². The van der Waals surface area contributed by atoms with E-state index in [1.165, 1.54) is 6.33 Å². The number of aromatic amines is 1. The minimum atomic E-state index is -0.199. The zero-order valence-electron chi connectivity index (χ0n) is 11.7. The molecule has 4 aromatic rings. The molecule has 104 valence electrons. The van der Waals surface area contributed by atoms with E-state index in [1.807, 2.05) is 44.3 Å². The number of fused-ring (bicyclic) bond motifs is 2. The first-order valence-electron chi connectivity index (χ1n) is 6.66. The Balaban J connectivity index is 2.19. The molecule has 0 radical (unpaired) electrons. The van der Waals surface area contributed by atoms with Gasteiger partial charge < -0.3 is 4.98 Å². The molecule has 0 atom stereocenters. The van der Waals surface area contributed by atoms with Gasteiger partial charge in [-0.25, -0.2) is 18.9 Å². The maximum Gasteiger partial charge on any atom is 0.332 e. The van der Waals surface area contributed by atoms with Gasteiger partial charge in [0.05, 0.1) is 11.0 Å². The fourth-order valence-corrected chi connectivity index (χ4v) is 2.69. The van der Waals surface area contributed by atoms with Crippen LogP contribution < -0.4 is 5.69 Å². The van der Waals surface area contributed by atoms with Crippen LogP contribution in [0.3, 0.4) is 0 Å². The molecule has 6 nitrogen and oxygen atoms in total. The average Bonchev–Trinajstić information content (AvgIpc) is 2.96. The normalized spacial score (nSPS) is 11.5. The van der Waals surface area contributed by atoms with Crippen LogP contribution in [0.25, 0.3) is 22.4 Å². The van der Waals surface area contributed by atoms with Crippen molar-refractivity contribution in [2.75, 3.05) is 0 Å². The van der Waals surface area contributed by atoms with Crippen LogP contribution in [0.15, 0.2) is 41.6 Å². The molecule has 1 N–H and O–H groups in total. The van der Waals surface area contributed by atoms with Gasteiger partial charge in [0.15, 0.2) is 5.82 Å². The van der Waals surface area contributed by atoms with Crippen LogP contribution in [-0.2, 0) is 0 Å². The lowest BCUT2D eigenvalue weighted by molar-refractivity contribution is 0.861. The van der Waals surface area contributed by atoms with Crippen LogP contribution in [0.5, 0.6) is 0 Å². The van der Waals surface area contributed by atoms with E-state index in [0.29, 0.717) is 5.82 Å². The van der Waals surface area contributed by atoms with Crippen molar-refractivity contribution >= 4 is 16.6 Å². The maximum atomic E-state index is 12.3. The summed E-state index contributed by atoms with van der Waals surface area (Å²) in [6.45, 7) is 4.03. The van der Waals surface area contributed by atoms with Gasteiger partial charge >= 0.3 is 5.69 Å². The molecular formula is C15H13N5O. The van der Waals surface area contributed by atoms with Crippen LogP contribution >= 0.6 is 0 Å². The molecule has 0 spiro atoms. The minimum Gasteiger partial charge on any atom is -0.305 e. The molecule has 0 aliphatic carbocycles. The van der Waals surface area contributed by atoms with Gasteiger partial charge in [0, 0.05) is 6.20 Å². The van der Waals surface area contributed by atoms with Crippen molar-refractivity contribution in [1.82, 2.24) is 24.1 Å². The molecule has 0 amide bonds. The highest BCUT2D eigenvalue weighted by Crippen LogP contribution is 2.22. The van der Waals surface area contributed by atoms with E-state index < -0.39 is 0 Å². The molecule has 0 saturated heterocycles. The summed E-state index contributed by atoms with van der Waals surface area (Å²) >= 11 is 0. The first-order chi connectivity index (χ1) is 10.2. The smallest absolute Gasteiger partial charge is 0.305 e. The van der Waals surface area contributed by atoms with Gasteiger partial charge in [-0.05, 0) is 37.1 Å². The van der Waals surface area contributed by atoms with E-state index in [0.717, 1.165) is 27.7 Å². The Kier molecular flexibility index (Phi) is 2.29. The van der Waals surface area contributed by atoms with Crippen LogP contribution in [0.1, 0.15) is 11.1 Å². The molecule has 3 heterocycles. The van der Waals surface area contributed by atoms with Crippen LogP contribution in [0.2, 0.25) is 0 Å². The number of rotatable bonds is 1. The summed E-state index contributed by atoms with van der Waals surface area (Å²) in [5, 5.41) is 4.22. The molecular weight excluding hydrogens is 266 g/mol. The number of hydrogen-bond donors (Lipinski definition) is 1. The number of nitrogens with one attached hydrogen (secondary N) is 1. The lowest BCUT2D eigenvalue weighted by Crippen LogP contribution is -2.17. The lowest BCUT2D eigenvalue weighted by Gasteiger charge is -2.05. The molecule has 0 saturated carbocycles. The van der Waals surface area contributed by atoms with Crippen molar-refractivity contribution < 1.29 is 0 Å². The van der Waals surface area contributed by atoms with Crippen molar-refractivity contribution in [3.63, 3.8) is 0 Å². The fraction of sp³-hybridized carbons (Fsp3) is 0.133. The Hall–Kier alpha value is -2.89. The first kappa shape index (κ1) is 11.9. The molecule has 0 aliphatic heterocycles. The summed E-state index contributed by atoms with van der Waals surface area (Å²) in [6.07, 6.45) is 3.41. The molecule has 0 aliphatic rings. The second-order valence-corrected chi connectivity index (χ2v) is 5.10. The number of H-pyrrole nitrogens is 1. The van der Waals surface area contributed by atoms with E-state index in [9.17, 15) is 4.79 Å². The summed E-state index contributed by atoms with van der Waals surface area (Å²) < 4.78 is 3.36. The van der Waals surface area contributed by atoms with Crippen LogP contribution in [0, 0.1) is 13.8 Å². The zero-order valence-corrected chi connectivity index (χ0v) is 11.7. The monoisotopic (exact) mass is 279 g/mol. The summed E-state index contributed by atoms with van der Waals surface area (Å²) in [5.74, 6) is 0.595. The van der Waals surface area contributed by atoms with Crippen molar-refractivity contribution in [1.29, 1.82) is 0 Å². The Morgan fingerprint density at radius 2 is 2.00 bits per heavy atom. The minimum absolute atomic E-state index is 0.199. The summed E-state index contributed by atoms with van der Waals surface area (Å²) in [4.78, 5) is 19.5. The Morgan fingerprint density at radius 3 is 2.86 bits per heavy atom. The van der Waals surface area contributed by atoms with Gasteiger partial charge in [-0.15, -0.1) is 0 Å².